The molecule has 0 N–H and O–H groups in total. The molecule has 1 spiro atoms. The molecule has 0 atom stereocenters. The van der Waals surface area contributed by atoms with E-state index in [4.69, 9.17) is 0 Å². The molecule has 2 heterocycles. The third-order valence-electron chi connectivity index (χ3n) is 4.71. The number of piperidine rings is 1. The summed E-state index contributed by atoms with van der Waals surface area (Å²) in [5, 5.41) is 0. The van der Waals surface area contributed by atoms with Crippen LogP contribution < -0.4 is 10.5 Å². The van der Waals surface area contributed by atoms with E-state index in [9.17, 15) is 4.79 Å². The van der Waals surface area contributed by atoms with E-state index >= 15 is 0 Å². The van der Waals surface area contributed by atoms with Gasteiger partial charge >= 0.3 is 0 Å². The smallest absolute Gasteiger partial charge is 0.293 e. The van der Waals surface area contributed by atoms with Crippen molar-refractivity contribution in [1.82, 2.24) is 9.55 Å². The topological polar surface area (TPSA) is 38.1 Å². The lowest BCUT2D eigenvalue weighted by Gasteiger charge is -2.33. The minimum Gasteiger partial charge on any atom is -0.351 e. The van der Waals surface area contributed by atoms with Crippen LogP contribution in [-0.2, 0) is 0 Å². The molecule has 0 aromatic carbocycles. The third-order valence-corrected chi connectivity index (χ3v) is 4.71. The summed E-state index contributed by atoms with van der Waals surface area (Å²) in [4.78, 5) is 19.0. The zero-order chi connectivity index (χ0) is 12.2. The van der Waals surface area contributed by atoms with Crippen LogP contribution in [-0.4, -0.2) is 22.6 Å². The van der Waals surface area contributed by atoms with Crippen molar-refractivity contribution in [3.63, 3.8) is 0 Å². The average molecular weight is 245 g/mol. The van der Waals surface area contributed by atoms with Crippen molar-refractivity contribution in [2.45, 2.75) is 44.6 Å². The average Bonchev–Trinajstić information content (AvgIpc) is 3.27. The Labute approximate surface area is 107 Å². The van der Waals surface area contributed by atoms with Crippen molar-refractivity contribution in [3.05, 3.63) is 22.7 Å². The van der Waals surface area contributed by atoms with Crippen molar-refractivity contribution >= 4 is 5.82 Å². The van der Waals surface area contributed by atoms with Gasteiger partial charge in [0.25, 0.3) is 5.56 Å². The standard InChI is InChI=1S/C14H19N3O/c18-13-12(15-7-9-17(13)11-2-3-11)16-8-1-4-14(10-16)5-6-14/h7,9,11H,1-6,8,10H2. The van der Waals surface area contributed by atoms with Crippen molar-refractivity contribution in [1.29, 1.82) is 0 Å². The normalized spacial score (nSPS) is 25.4. The molecule has 0 radical (unpaired) electrons. The highest BCUT2D eigenvalue weighted by Crippen LogP contribution is 2.52. The number of hydrogen-bond acceptors (Lipinski definition) is 3. The molecule has 4 rings (SSSR count). The molecule has 0 amide bonds. The number of anilines is 1. The van der Waals surface area contributed by atoms with Gasteiger partial charge in [-0.05, 0) is 43.9 Å². The zero-order valence-electron chi connectivity index (χ0n) is 10.6. The van der Waals surface area contributed by atoms with Gasteiger partial charge in [-0.3, -0.25) is 4.79 Å². The van der Waals surface area contributed by atoms with E-state index in [1.807, 2.05) is 10.8 Å². The number of rotatable bonds is 2. The van der Waals surface area contributed by atoms with E-state index in [-0.39, 0.29) is 5.56 Å². The van der Waals surface area contributed by atoms with Crippen LogP contribution in [0.1, 0.15) is 44.6 Å². The van der Waals surface area contributed by atoms with Crippen molar-refractivity contribution < 1.29 is 0 Å². The monoisotopic (exact) mass is 245 g/mol. The fourth-order valence-corrected chi connectivity index (χ4v) is 3.24. The van der Waals surface area contributed by atoms with Gasteiger partial charge < -0.3 is 9.47 Å². The maximum absolute atomic E-state index is 12.4. The summed E-state index contributed by atoms with van der Waals surface area (Å²) in [6.07, 6.45) is 11.2. The second kappa shape index (κ2) is 3.59. The predicted octanol–water partition coefficient (Wildman–Crippen LogP) is 1.96. The fourth-order valence-electron chi connectivity index (χ4n) is 3.24. The first kappa shape index (κ1) is 10.6. The Kier molecular flexibility index (Phi) is 2.11. The highest BCUT2D eigenvalue weighted by atomic mass is 16.1. The fraction of sp³-hybridized carbons (Fsp3) is 0.714. The van der Waals surface area contributed by atoms with Gasteiger partial charge in [0.05, 0.1) is 0 Å². The molecule has 4 heteroatoms. The summed E-state index contributed by atoms with van der Waals surface area (Å²) in [6.45, 7) is 2.04. The molecule has 1 aromatic heterocycles. The highest BCUT2D eigenvalue weighted by molar-refractivity contribution is 5.38. The second-order valence-corrected chi connectivity index (χ2v) is 6.22. The molecule has 0 unspecified atom stereocenters. The molecule has 18 heavy (non-hydrogen) atoms. The molecule has 0 bridgehead atoms. The Bertz CT molecular complexity index is 528. The van der Waals surface area contributed by atoms with Crippen LogP contribution in [0.25, 0.3) is 0 Å². The third kappa shape index (κ3) is 1.66. The number of nitrogens with zero attached hydrogens (tertiary/aromatic N) is 3. The Morgan fingerprint density at radius 2 is 2.11 bits per heavy atom. The van der Waals surface area contributed by atoms with Crippen LogP contribution in [0, 0.1) is 5.41 Å². The van der Waals surface area contributed by atoms with Gasteiger partial charge in [-0.1, -0.05) is 0 Å². The van der Waals surface area contributed by atoms with Crippen LogP contribution in [0.2, 0.25) is 0 Å². The van der Waals surface area contributed by atoms with E-state index in [0.717, 1.165) is 25.9 Å². The lowest BCUT2D eigenvalue weighted by molar-refractivity contribution is 0.392. The summed E-state index contributed by atoms with van der Waals surface area (Å²) >= 11 is 0. The van der Waals surface area contributed by atoms with E-state index in [1.54, 1.807) is 6.20 Å². The summed E-state index contributed by atoms with van der Waals surface area (Å²) in [7, 11) is 0. The second-order valence-electron chi connectivity index (χ2n) is 6.22. The SMILES string of the molecule is O=c1c(N2CCCC3(CC3)C2)nccn1C1CC1. The van der Waals surface area contributed by atoms with Gasteiger partial charge in [-0.2, -0.15) is 0 Å². The molecule has 1 aromatic rings. The summed E-state index contributed by atoms with van der Waals surface area (Å²) in [5.41, 5.74) is 0.657. The van der Waals surface area contributed by atoms with Crippen molar-refractivity contribution in [2.75, 3.05) is 18.0 Å². The molecular weight excluding hydrogens is 226 g/mol. The first-order valence-electron chi connectivity index (χ1n) is 7.10. The van der Waals surface area contributed by atoms with Gasteiger partial charge in [0.15, 0.2) is 5.82 Å². The summed E-state index contributed by atoms with van der Waals surface area (Å²) in [6, 6.07) is 0.443. The lowest BCUT2D eigenvalue weighted by Crippen LogP contribution is -2.41. The van der Waals surface area contributed by atoms with E-state index in [2.05, 4.69) is 9.88 Å². The maximum Gasteiger partial charge on any atom is 0.293 e. The van der Waals surface area contributed by atoms with Gasteiger partial charge in [-0.15, -0.1) is 0 Å². The van der Waals surface area contributed by atoms with E-state index < -0.39 is 0 Å². The predicted molar refractivity (Wildman–Crippen MR) is 69.9 cm³/mol. The van der Waals surface area contributed by atoms with Gasteiger partial charge in [-0.25, -0.2) is 4.98 Å². The van der Waals surface area contributed by atoms with Gasteiger partial charge in [0.1, 0.15) is 0 Å². The molecule has 4 nitrogen and oxygen atoms in total. The van der Waals surface area contributed by atoms with Crippen molar-refractivity contribution in [2.24, 2.45) is 5.41 Å². The van der Waals surface area contributed by atoms with Crippen LogP contribution in [0.5, 0.6) is 0 Å². The Morgan fingerprint density at radius 3 is 2.83 bits per heavy atom. The minimum absolute atomic E-state index is 0.123. The van der Waals surface area contributed by atoms with Gasteiger partial charge in [0.2, 0.25) is 0 Å². The molecule has 1 saturated heterocycles. The van der Waals surface area contributed by atoms with Crippen LogP contribution in [0.15, 0.2) is 17.2 Å². The quantitative estimate of drug-likeness (QED) is 0.799. The number of aromatic nitrogens is 2. The minimum atomic E-state index is 0.123. The molecule has 2 aliphatic carbocycles. The summed E-state index contributed by atoms with van der Waals surface area (Å²) < 4.78 is 1.89. The largest absolute Gasteiger partial charge is 0.351 e. The van der Waals surface area contributed by atoms with Crippen LogP contribution in [0.3, 0.4) is 0 Å². The molecule has 1 aliphatic heterocycles. The van der Waals surface area contributed by atoms with Crippen molar-refractivity contribution in [3.8, 4) is 0 Å². The molecule has 96 valence electrons. The Balaban J connectivity index is 1.67. The Hall–Kier alpha value is -1.32. The van der Waals surface area contributed by atoms with Gasteiger partial charge in [0, 0.05) is 31.5 Å². The number of hydrogen-bond donors (Lipinski definition) is 0. The summed E-state index contributed by atoms with van der Waals surface area (Å²) in [5.74, 6) is 0.690. The first-order valence-corrected chi connectivity index (χ1v) is 7.10. The van der Waals surface area contributed by atoms with E-state index in [1.165, 1.54) is 25.7 Å². The maximum atomic E-state index is 12.4. The Morgan fingerprint density at radius 1 is 1.28 bits per heavy atom. The molecule has 3 fully saturated rings. The molecule has 3 aliphatic rings. The van der Waals surface area contributed by atoms with Crippen LogP contribution in [0.4, 0.5) is 5.82 Å². The molecular formula is C14H19N3O. The van der Waals surface area contributed by atoms with E-state index in [0.29, 0.717) is 17.3 Å². The lowest BCUT2D eigenvalue weighted by atomic mass is 9.95. The zero-order valence-corrected chi connectivity index (χ0v) is 10.6. The molecule has 2 saturated carbocycles. The highest BCUT2D eigenvalue weighted by Gasteiger charge is 2.46. The van der Waals surface area contributed by atoms with Crippen LogP contribution >= 0.6 is 0 Å². The first-order chi connectivity index (χ1) is 8.77.